The molecule has 0 aliphatic carbocycles. The summed E-state index contributed by atoms with van der Waals surface area (Å²) >= 11 is 0. The number of fused-ring (bicyclic) bond motifs is 1. The van der Waals surface area contributed by atoms with Gasteiger partial charge < -0.3 is 74.1 Å². The van der Waals surface area contributed by atoms with Crippen LogP contribution in [0.3, 0.4) is 0 Å². The van der Waals surface area contributed by atoms with E-state index in [0.29, 0.717) is 11.1 Å². The third-order valence-corrected chi connectivity index (χ3v) is 9.01. The Kier molecular flexibility index (Phi) is 18.7. The van der Waals surface area contributed by atoms with Gasteiger partial charge in [0.25, 0.3) is 0 Å². The van der Waals surface area contributed by atoms with Gasteiger partial charge in [-0.25, -0.2) is 0 Å². The van der Waals surface area contributed by atoms with Gasteiger partial charge in [0.2, 0.25) is 47.3 Å². The molecule has 0 unspecified atom stereocenters. The highest BCUT2D eigenvalue weighted by Gasteiger charge is 2.33. The van der Waals surface area contributed by atoms with Crippen LogP contribution in [-0.2, 0) is 56.0 Å². The number of amides is 8. The number of primary amides is 1. The van der Waals surface area contributed by atoms with Crippen LogP contribution >= 0.6 is 0 Å². The number of para-hydroxylation sites is 1. The molecule has 0 radical (unpaired) electrons. The number of aliphatic hydroxyl groups is 3. The van der Waals surface area contributed by atoms with Crippen molar-refractivity contribution < 1.29 is 63.6 Å². The van der Waals surface area contributed by atoms with Crippen molar-refractivity contribution >= 4 is 64.1 Å². The normalized spacial score (nSPS) is 14.4. The van der Waals surface area contributed by atoms with E-state index in [1.54, 1.807) is 60.8 Å². The third kappa shape index (κ3) is 15.0. The number of carbonyl (C=O) groups excluding carboxylic acids is 8. The highest BCUT2D eigenvalue weighted by molar-refractivity contribution is 5.98. The van der Waals surface area contributed by atoms with Gasteiger partial charge in [0.05, 0.1) is 38.8 Å². The molecule has 7 atom stereocenters. The van der Waals surface area contributed by atoms with Crippen molar-refractivity contribution in [1.29, 1.82) is 0 Å². The lowest BCUT2D eigenvalue weighted by molar-refractivity contribution is -0.140. The maximum Gasteiger partial charge on any atom is 0.305 e. The minimum absolute atomic E-state index is 0.101. The maximum atomic E-state index is 13.6. The summed E-state index contributed by atoms with van der Waals surface area (Å²) in [7, 11) is 0. The van der Waals surface area contributed by atoms with Crippen LogP contribution in [0.2, 0.25) is 0 Å². The van der Waals surface area contributed by atoms with E-state index in [-0.39, 0.29) is 12.8 Å². The Hall–Kier alpha value is -6.95. The van der Waals surface area contributed by atoms with Gasteiger partial charge in [0, 0.05) is 29.9 Å². The standard InChI is InChI=1S/C38H50N10O13/c1-19(43-33(56)23(39)13-31(53)54)32(55)46-27(16-49)36(59)44-25(11-20-7-3-2-4-8-20)35(58)47-29(18-51)38(61)48-28(17-50)37(60)45-26(34(57)42-15-30(40)52)12-21-14-41-24-10-6-5-9-22(21)24/h2-10,14,19,23,25-29,41,49-51H,11-13,15-18,39H2,1H3,(H2,40,52)(H,42,57)(H,43,56)(H,44,59)(H,45,60)(H,46,55)(H,47,58)(H,48,61)(H,53,54)/t19-,23-,25-,26-,27-,28-,29-/m0/s1. The number of carbonyl (C=O) groups is 9. The largest absolute Gasteiger partial charge is 0.481 e. The number of aliphatic hydroxyl groups excluding tert-OH is 3. The summed E-state index contributed by atoms with van der Waals surface area (Å²) in [5, 5.41) is 55.7. The van der Waals surface area contributed by atoms with Crippen molar-refractivity contribution in [1.82, 2.24) is 42.2 Å². The minimum atomic E-state index is -1.78. The lowest BCUT2D eigenvalue weighted by atomic mass is 10.0. The van der Waals surface area contributed by atoms with Crippen LogP contribution in [0.25, 0.3) is 10.9 Å². The molecule has 3 aromatic rings. The average Bonchev–Trinajstić information content (AvgIpc) is 3.64. The predicted molar refractivity (Wildman–Crippen MR) is 213 cm³/mol. The van der Waals surface area contributed by atoms with Crippen molar-refractivity contribution in [2.45, 2.75) is 68.5 Å². The number of nitrogens with one attached hydrogen (secondary N) is 8. The topological polar surface area (TPSA) is 387 Å². The number of nitrogens with two attached hydrogens (primary N) is 2. The first-order chi connectivity index (χ1) is 29.0. The second-order valence-corrected chi connectivity index (χ2v) is 13.7. The number of aromatic amines is 1. The van der Waals surface area contributed by atoms with Crippen LogP contribution in [-0.4, -0.2) is 147 Å². The molecule has 61 heavy (non-hydrogen) atoms. The van der Waals surface area contributed by atoms with Crippen molar-refractivity contribution in [3.8, 4) is 0 Å². The number of hydrogen-bond donors (Lipinski definition) is 14. The molecule has 0 aliphatic heterocycles. The molecule has 0 saturated heterocycles. The SMILES string of the molecule is C[C@H](NC(=O)[C@@H](N)CC(=O)O)C(=O)N[C@@H](CO)C(=O)N[C@@H](Cc1ccccc1)C(=O)N[C@@H](CO)C(=O)N[C@@H](CO)C(=O)N[C@@H](Cc1c[nH]c2ccccc12)C(=O)NCC(N)=O. The summed E-state index contributed by atoms with van der Waals surface area (Å²) in [6, 6.07) is 4.37. The summed E-state index contributed by atoms with van der Waals surface area (Å²) in [5.41, 5.74) is 12.5. The van der Waals surface area contributed by atoms with Crippen LogP contribution < -0.4 is 48.7 Å². The Morgan fingerprint density at radius 3 is 1.61 bits per heavy atom. The summed E-state index contributed by atoms with van der Waals surface area (Å²) in [6.07, 6.45) is 0.578. The fraction of sp³-hybridized carbons (Fsp3) is 0.395. The molecule has 3 rings (SSSR count). The first-order valence-corrected chi connectivity index (χ1v) is 18.7. The van der Waals surface area contributed by atoms with E-state index in [1.165, 1.54) is 6.92 Å². The van der Waals surface area contributed by atoms with E-state index in [1.807, 2.05) is 0 Å². The highest BCUT2D eigenvalue weighted by Crippen LogP contribution is 2.19. The molecule has 1 aromatic heterocycles. The quantitative estimate of drug-likeness (QED) is 0.0400. The van der Waals surface area contributed by atoms with Crippen LogP contribution in [0.15, 0.2) is 60.8 Å². The third-order valence-electron chi connectivity index (χ3n) is 9.01. The molecule has 330 valence electrons. The van der Waals surface area contributed by atoms with Crippen molar-refractivity contribution in [2.75, 3.05) is 26.4 Å². The number of hydrogen-bond acceptors (Lipinski definition) is 13. The van der Waals surface area contributed by atoms with Gasteiger partial charge in [-0.05, 0) is 24.1 Å². The van der Waals surface area contributed by atoms with Gasteiger partial charge in [-0.2, -0.15) is 0 Å². The molecule has 16 N–H and O–H groups in total. The first-order valence-electron chi connectivity index (χ1n) is 18.7. The molecule has 1 heterocycles. The van der Waals surface area contributed by atoms with E-state index in [9.17, 15) is 58.5 Å². The molecule has 0 fully saturated rings. The summed E-state index contributed by atoms with van der Waals surface area (Å²) in [6.45, 7) is -2.39. The lowest BCUT2D eigenvalue weighted by Gasteiger charge is -2.26. The molecular weight excluding hydrogens is 804 g/mol. The van der Waals surface area contributed by atoms with Gasteiger partial charge in [0.1, 0.15) is 36.3 Å². The summed E-state index contributed by atoms with van der Waals surface area (Å²) in [5.74, 6) is -9.33. The van der Waals surface area contributed by atoms with E-state index in [4.69, 9.17) is 16.6 Å². The highest BCUT2D eigenvalue weighted by atomic mass is 16.4. The van der Waals surface area contributed by atoms with Crippen molar-refractivity contribution in [3.05, 3.63) is 71.9 Å². The van der Waals surface area contributed by atoms with Gasteiger partial charge in [-0.1, -0.05) is 48.5 Å². The number of rotatable bonds is 24. The molecule has 0 spiro atoms. The first kappa shape index (κ1) is 48.4. The molecule has 8 amide bonds. The zero-order chi connectivity index (χ0) is 45.2. The van der Waals surface area contributed by atoms with Crippen LogP contribution in [0.4, 0.5) is 0 Å². The lowest BCUT2D eigenvalue weighted by Crippen LogP contribution is -2.61. The Bertz CT molecular complexity index is 2050. The molecule has 23 heteroatoms. The Morgan fingerprint density at radius 2 is 1.08 bits per heavy atom. The molecule has 0 bridgehead atoms. The number of aromatic nitrogens is 1. The fourth-order valence-electron chi connectivity index (χ4n) is 5.72. The number of carboxylic acid groups (broad SMARTS) is 1. The minimum Gasteiger partial charge on any atom is -0.481 e. The van der Waals surface area contributed by atoms with Crippen molar-refractivity contribution in [2.24, 2.45) is 11.5 Å². The van der Waals surface area contributed by atoms with Gasteiger partial charge >= 0.3 is 5.97 Å². The second-order valence-electron chi connectivity index (χ2n) is 13.7. The van der Waals surface area contributed by atoms with E-state index >= 15 is 0 Å². The number of carboxylic acids is 1. The van der Waals surface area contributed by atoms with Gasteiger partial charge in [-0.15, -0.1) is 0 Å². The summed E-state index contributed by atoms with van der Waals surface area (Å²) < 4.78 is 0. The number of aliphatic carboxylic acids is 1. The zero-order valence-electron chi connectivity index (χ0n) is 32.9. The Morgan fingerprint density at radius 1 is 0.607 bits per heavy atom. The molecular formula is C38H50N10O13. The predicted octanol–water partition coefficient (Wildman–Crippen LogP) is -5.74. The smallest absolute Gasteiger partial charge is 0.305 e. The molecule has 0 saturated carbocycles. The Balaban J connectivity index is 1.73. The number of H-pyrrole nitrogens is 1. The van der Waals surface area contributed by atoms with Gasteiger partial charge in [0.15, 0.2) is 0 Å². The van der Waals surface area contributed by atoms with Crippen LogP contribution in [0.5, 0.6) is 0 Å². The van der Waals surface area contributed by atoms with Gasteiger partial charge in [-0.3, -0.25) is 43.2 Å². The van der Waals surface area contributed by atoms with E-state index < -0.39 is 128 Å². The van der Waals surface area contributed by atoms with E-state index in [2.05, 4.69) is 42.2 Å². The maximum absolute atomic E-state index is 13.6. The van der Waals surface area contributed by atoms with Crippen LogP contribution in [0.1, 0.15) is 24.5 Å². The number of benzene rings is 2. The molecule has 0 aliphatic rings. The molecule has 2 aromatic carbocycles. The molecule has 23 nitrogen and oxygen atoms in total. The monoisotopic (exact) mass is 854 g/mol. The van der Waals surface area contributed by atoms with Crippen LogP contribution in [0, 0.1) is 0 Å². The summed E-state index contributed by atoms with van der Waals surface area (Å²) in [4.78, 5) is 117. The van der Waals surface area contributed by atoms with E-state index in [0.717, 1.165) is 10.9 Å². The zero-order valence-corrected chi connectivity index (χ0v) is 32.9. The second kappa shape index (κ2) is 23.6. The average molecular weight is 855 g/mol. The fourth-order valence-corrected chi connectivity index (χ4v) is 5.72. The van der Waals surface area contributed by atoms with Crippen molar-refractivity contribution in [3.63, 3.8) is 0 Å². The Labute approximate surface area is 347 Å².